The highest BCUT2D eigenvalue weighted by atomic mass is 35.5. The molecule has 2 aliphatic heterocycles. The van der Waals surface area contributed by atoms with Crippen molar-refractivity contribution < 1.29 is 9.59 Å². The van der Waals surface area contributed by atoms with Crippen LogP contribution in [0.1, 0.15) is 52.9 Å². The van der Waals surface area contributed by atoms with Crippen molar-refractivity contribution in [2.45, 2.75) is 51.0 Å². The summed E-state index contributed by atoms with van der Waals surface area (Å²) in [5.74, 6) is 0.502. The van der Waals surface area contributed by atoms with Crippen LogP contribution in [0, 0.1) is 19.8 Å². The standard InChI is InChI=1S/C29H33ClN6O2/c1-18-4-9-25-26(10-18)36(28(38)29(25)16-35(17-29)23-13-32-34(3)15-23)14-20-5-7-22(8-6-20)33-27(37)24-11-21(30)12-31-19(24)2/h4,9-13,15,20,22H,5-8,14,16-17H2,1-3H3,(H,33,37). The number of aromatic nitrogens is 3. The number of aryl methyl sites for hydroxylation is 3. The van der Waals surface area contributed by atoms with E-state index in [1.54, 1.807) is 16.9 Å². The highest BCUT2D eigenvalue weighted by Gasteiger charge is 2.58. The SMILES string of the molecule is Cc1ccc2c(c1)N(CC1CCC(NC(=O)c3cc(Cl)cnc3C)CC1)C(=O)C21CN(c2cnn(C)c2)C1. The molecule has 2 aromatic heterocycles. The van der Waals surface area contributed by atoms with Gasteiger partial charge in [0.1, 0.15) is 5.41 Å². The van der Waals surface area contributed by atoms with Gasteiger partial charge < -0.3 is 15.1 Å². The van der Waals surface area contributed by atoms with E-state index in [-0.39, 0.29) is 17.9 Å². The van der Waals surface area contributed by atoms with Crippen LogP contribution in [0.25, 0.3) is 0 Å². The molecule has 9 heteroatoms. The van der Waals surface area contributed by atoms with Gasteiger partial charge in [-0.2, -0.15) is 5.10 Å². The number of nitrogens with one attached hydrogen (secondary N) is 1. The van der Waals surface area contributed by atoms with Crippen LogP contribution in [0.3, 0.4) is 0 Å². The van der Waals surface area contributed by atoms with E-state index >= 15 is 0 Å². The summed E-state index contributed by atoms with van der Waals surface area (Å²) in [5, 5.41) is 7.93. The Kier molecular flexibility index (Phi) is 6.17. The average molecular weight is 533 g/mol. The zero-order chi connectivity index (χ0) is 26.6. The van der Waals surface area contributed by atoms with Crippen LogP contribution >= 0.6 is 11.6 Å². The second-order valence-electron chi connectivity index (χ2n) is 11.2. The van der Waals surface area contributed by atoms with E-state index in [0.717, 1.165) is 49.2 Å². The molecule has 0 unspecified atom stereocenters. The number of hydrogen-bond donors (Lipinski definition) is 1. The molecule has 1 saturated heterocycles. The van der Waals surface area contributed by atoms with Crippen molar-refractivity contribution in [3.05, 3.63) is 70.3 Å². The topological polar surface area (TPSA) is 83.4 Å². The number of hydrogen-bond acceptors (Lipinski definition) is 5. The number of anilines is 2. The monoisotopic (exact) mass is 532 g/mol. The molecule has 0 bridgehead atoms. The summed E-state index contributed by atoms with van der Waals surface area (Å²) in [6.07, 6.45) is 9.15. The van der Waals surface area contributed by atoms with Crippen molar-refractivity contribution in [1.82, 2.24) is 20.1 Å². The van der Waals surface area contributed by atoms with Crippen molar-refractivity contribution >= 4 is 34.8 Å². The number of halogens is 1. The molecule has 0 atom stereocenters. The average Bonchev–Trinajstić information content (AvgIpc) is 3.39. The number of benzene rings is 1. The van der Waals surface area contributed by atoms with Gasteiger partial charge in [-0.3, -0.25) is 19.3 Å². The van der Waals surface area contributed by atoms with Gasteiger partial charge in [0.05, 0.1) is 28.2 Å². The molecule has 1 saturated carbocycles. The fourth-order valence-electron chi connectivity index (χ4n) is 6.35. The van der Waals surface area contributed by atoms with Gasteiger partial charge in [-0.25, -0.2) is 0 Å². The zero-order valence-electron chi connectivity index (χ0n) is 22.1. The number of carbonyl (C=O) groups excluding carboxylic acids is 2. The third kappa shape index (κ3) is 4.25. The van der Waals surface area contributed by atoms with E-state index in [2.05, 4.69) is 45.4 Å². The normalized spacial score (nSPS) is 21.9. The molecule has 6 rings (SSSR count). The number of amides is 2. The molecule has 2 fully saturated rings. The molecule has 2 amide bonds. The Balaban J connectivity index is 1.12. The molecular formula is C29H33ClN6O2. The van der Waals surface area contributed by atoms with Gasteiger partial charge in [0, 0.05) is 50.8 Å². The van der Waals surface area contributed by atoms with Gasteiger partial charge in [0.15, 0.2) is 0 Å². The second kappa shape index (κ2) is 9.42. The predicted molar refractivity (Wildman–Crippen MR) is 148 cm³/mol. The molecule has 1 N–H and O–H groups in total. The Bertz CT molecular complexity index is 1400. The smallest absolute Gasteiger partial charge is 0.253 e. The highest BCUT2D eigenvalue weighted by molar-refractivity contribution is 6.30. The molecule has 0 radical (unpaired) electrons. The van der Waals surface area contributed by atoms with Crippen LogP contribution in [-0.2, 0) is 17.3 Å². The maximum atomic E-state index is 14.0. The quantitative estimate of drug-likeness (QED) is 0.533. The minimum absolute atomic E-state index is 0.118. The van der Waals surface area contributed by atoms with Gasteiger partial charge in [0.2, 0.25) is 5.91 Å². The van der Waals surface area contributed by atoms with Crippen LogP contribution in [0.15, 0.2) is 42.9 Å². The van der Waals surface area contributed by atoms with E-state index in [1.807, 2.05) is 31.3 Å². The Morgan fingerprint density at radius 3 is 2.61 bits per heavy atom. The van der Waals surface area contributed by atoms with Gasteiger partial charge in [0.25, 0.3) is 5.91 Å². The Morgan fingerprint density at radius 2 is 1.89 bits per heavy atom. The molecular weight excluding hydrogens is 500 g/mol. The lowest BCUT2D eigenvalue weighted by Gasteiger charge is -2.47. The first-order valence-electron chi connectivity index (χ1n) is 13.3. The summed E-state index contributed by atoms with van der Waals surface area (Å²) in [6, 6.07) is 8.24. The largest absolute Gasteiger partial charge is 0.366 e. The van der Waals surface area contributed by atoms with Crippen LogP contribution in [0.2, 0.25) is 5.02 Å². The van der Waals surface area contributed by atoms with Gasteiger partial charge in [-0.05, 0) is 68.7 Å². The summed E-state index contributed by atoms with van der Waals surface area (Å²) < 4.78 is 1.80. The fourth-order valence-corrected chi connectivity index (χ4v) is 6.51. The van der Waals surface area contributed by atoms with Crippen LogP contribution in [0.4, 0.5) is 11.4 Å². The molecule has 3 aromatic rings. The first-order valence-corrected chi connectivity index (χ1v) is 13.7. The number of rotatable bonds is 5. The number of nitrogens with zero attached hydrogens (tertiary/aromatic N) is 5. The molecule has 1 spiro atoms. The molecule has 38 heavy (non-hydrogen) atoms. The summed E-state index contributed by atoms with van der Waals surface area (Å²) >= 11 is 6.05. The molecule has 3 aliphatic rings. The fraction of sp³-hybridized carbons (Fsp3) is 0.448. The Hall–Kier alpha value is -3.39. The van der Waals surface area contributed by atoms with E-state index in [9.17, 15) is 9.59 Å². The van der Waals surface area contributed by atoms with E-state index in [1.165, 1.54) is 5.56 Å². The van der Waals surface area contributed by atoms with E-state index in [0.29, 0.717) is 35.3 Å². The van der Waals surface area contributed by atoms with Crippen molar-refractivity contribution in [2.75, 3.05) is 29.4 Å². The summed E-state index contributed by atoms with van der Waals surface area (Å²) in [7, 11) is 1.91. The minimum Gasteiger partial charge on any atom is -0.366 e. The van der Waals surface area contributed by atoms with Gasteiger partial charge in [-0.15, -0.1) is 0 Å². The third-order valence-electron chi connectivity index (χ3n) is 8.51. The molecule has 1 aliphatic carbocycles. The summed E-state index contributed by atoms with van der Waals surface area (Å²) in [4.78, 5) is 35.3. The van der Waals surface area contributed by atoms with Crippen molar-refractivity contribution in [1.29, 1.82) is 0 Å². The van der Waals surface area contributed by atoms with Gasteiger partial charge in [-0.1, -0.05) is 23.7 Å². The summed E-state index contributed by atoms with van der Waals surface area (Å²) in [5.41, 5.74) is 5.17. The van der Waals surface area contributed by atoms with Gasteiger partial charge >= 0.3 is 0 Å². The Labute approximate surface area is 228 Å². The second-order valence-corrected chi connectivity index (χ2v) is 11.7. The molecule has 4 heterocycles. The predicted octanol–water partition coefficient (Wildman–Crippen LogP) is 4.18. The van der Waals surface area contributed by atoms with E-state index < -0.39 is 5.41 Å². The van der Waals surface area contributed by atoms with Crippen molar-refractivity contribution in [2.24, 2.45) is 13.0 Å². The van der Waals surface area contributed by atoms with Crippen molar-refractivity contribution in [3.63, 3.8) is 0 Å². The lowest BCUT2D eigenvalue weighted by molar-refractivity contribution is -0.124. The lowest BCUT2D eigenvalue weighted by Crippen LogP contribution is -2.64. The van der Waals surface area contributed by atoms with Crippen LogP contribution in [0.5, 0.6) is 0 Å². The Morgan fingerprint density at radius 1 is 1.13 bits per heavy atom. The minimum atomic E-state index is -0.479. The molecule has 198 valence electrons. The molecule has 8 nitrogen and oxygen atoms in total. The number of pyridine rings is 1. The highest BCUT2D eigenvalue weighted by Crippen LogP contribution is 2.49. The zero-order valence-corrected chi connectivity index (χ0v) is 22.8. The van der Waals surface area contributed by atoms with Crippen LogP contribution in [-0.4, -0.2) is 52.3 Å². The van der Waals surface area contributed by atoms with Crippen molar-refractivity contribution in [3.8, 4) is 0 Å². The maximum absolute atomic E-state index is 14.0. The first-order chi connectivity index (χ1) is 18.2. The summed E-state index contributed by atoms with van der Waals surface area (Å²) in [6.45, 7) is 5.99. The van der Waals surface area contributed by atoms with E-state index in [4.69, 9.17) is 11.6 Å². The first kappa shape index (κ1) is 24.9. The maximum Gasteiger partial charge on any atom is 0.253 e. The number of carbonyl (C=O) groups is 2. The molecule has 1 aromatic carbocycles. The lowest BCUT2D eigenvalue weighted by atomic mass is 9.74. The van der Waals surface area contributed by atoms with Crippen LogP contribution < -0.4 is 15.1 Å². The number of fused-ring (bicyclic) bond motifs is 2. The third-order valence-corrected chi connectivity index (χ3v) is 8.72.